The van der Waals surface area contributed by atoms with Crippen molar-refractivity contribution in [2.75, 3.05) is 6.61 Å². The Hall–Kier alpha value is -2.12. The highest BCUT2D eigenvalue weighted by atomic mass is 35.5. The van der Waals surface area contributed by atoms with Crippen molar-refractivity contribution in [3.8, 4) is 5.75 Å². The summed E-state index contributed by atoms with van der Waals surface area (Å²) in [5, 5.41) is 8.23. The highest BCUT2D eigenvalue weighted by Crippen LogP contribution is 2.27. The lowest BCUT2D eigenvalue weighted by Gasteiger charge is -2.07. The molecule has 1 heterocycles. The van der Waals surface area contributed by atoms with Crippen LogP contribution in [0.2, 0.25) is 10.0 Å². The maximum atomic E-state index is 13.7. The van der Waals surface area contributed by atoms with E-state index in [9.17, 15) is 9.18 Å². The number of aryl methyl sites for hydroxylation is 1. The monoisotopic (exact) mass is 358 g/mol. The highest BCUT2D eigenvalue weighted by Gasteiger charge is 2.08. The fraction of sp³-hybridized carbons (Fsp3) is 0.214. The standard InChI is InChI=1S/C14H13Cl2FN4O2/c1-2-21-14(17)9(7-19-21)6-18-20-13(22)8-23-12-5-10(15)3-4-11(12)16/h3-7H,2,8H2,1H3,(H,20,22)/b18-6-. The minimum Gasteiger partial charge on any atom is -0.482 e. The van der Waals surface area contributed by atoms with Crippen molar-refractivity contribution in [2.45, 2.75) is 13.5 Å². The van der Waals surface area contributed by atoms with Crippen LogP contribution in [-0.2, 0) is 11.3 Å². The summed E-state index contributed by atoms with van der Waals surface area (Å²) < 4.78 is 20.1. The van der Waals surface area contributed by atoms with E-state index >= 15 is 0 Å². The van der Waals surface area contributed by atoms with Crippen LogP contribution in [0.4, 0.5) is 4.39 Å². The number of benzene rings is 1. The number of carbonyl (C=O) groups is 1. The number of rotatable bonds is 6. The highest BCUT2D eigenvalue weighted by molar-refractivity contribution is 6.34. The zero-order valence-electron chi connectivity index (χ0n) is 12.1. The van der Waals surface area contributed by atoms with Gasteiger partial charge in [0.15, 0.2) is 6.61 Å². The van der Waals surface area contributed by atoms with E-state index in [0.29, 0.717) is 16.6 Å². The molecule has 2 aromatic rings. The molecule has 0 aliphatic heterocycles. The second kappa shape index (κ2) is 7.94. The van der Waals surface area contributed by atoms with Crippen LogP contribution in [0.15, 0.2) is 29.5 Å². The minimum atomic E-state index is -0.527. The topological polar surface area (TPSA) is 68.5 Å². The Labute approximate surface area is 141 Å². The Morgan fingerprint density at radius 3 is 3.00 bits per heavy atom. The van der Waals surface area contributed by atoms with Crippen molar-refractivity contribution in [1.29, 1.82) is 0 Å². The first-order chi connectivity index (χ1) is 11.0. The molecular weight excluding hydrogens is 346 g/mol. The molecular formula is C14H13Cl2FN4O2. The van der Waals surface area contributed by atoms with Gasteiger partial charge in [0, 0.05) is 17.6 Å². The maximum Gasteiger partial charge on any atom is 0.277 e. The molecule has 9 heteroatoms. The molecule has 2 rings (SSSR count). The fourth-order valence-corrected chi connectivity index (χ4v) is 1.96. The van der Waals surface area contributed by atoms with Crippen LogP contribution in [0.3, 0.4) is 0 Å². The third kappa shape index (κ3) is 4.67. The predicted molar refractivity (Wildman–Crippen MR) is 85.6 cm³/mol. The molecule has 0 saturated carbocycles. The molecule has 0 aliphatic carbocycles. The summed E-state index contributed by atoms with van der Waals surface area (Å²) in [6.45, 7) is 1.85. The van der Waals surface area contributed by atoms with E-state index in [4.69, 9.17) is 27.9 Å². The van der Waals surface area contributed by atoms with Gasteiger partial charge in [-0.15, -0.1) is 0 Å². The molecule has 0 bridgehead atoms. The number of amides is 1. The second-order valence-electron chi connectivity index (χ2n) is 4.36. The average molecular weight is 359 g/mol. The normalized spacial score (nSPS) is 11.0. The van der Waals surface area contributed by atoms with Gasteiger partial charge in [-0.3, -0.25) is 4.79 Å². The summed E-state index contributed by atoms with van der Waals surface area (Å²) >= 11 is 11.7. The summed E-state index contributed by atoms with van der Waals surface area (Å²) in [6, 6.07) is 4.66. The third-order valence-corrected chi connectivity index (χ3v) is 3.29. The lowest BCUT2D eigenvalue weighted by molar-refractivity contribution is -0.123. The van der Waals surface area contributed by atoms with Gasteiger partial charge in [-0.25, -0.2) is 10.1 Å². The zero-order chi connectivity index (χ0) is 16.8. The molecule has 0 radical (unpaired) electrons. The number of hydrazone groups is 1. The van der Waals surface area contributed by atoms with Gasteiger partial charge >= 0.3 is 0 Å². The Morgan fingerprint density at radius 1 is 1.52 bits per heavy atom. The molecule has 0 saturated heterocycles. The lowest BCUT2D eigenvalue weighted by atomic mass is 10.3. The zero-order valence-corrected chi connectivity index (χ0v) is 13.6. The summed E-state index contributed by atoms with van der Waals surface area (Å²) in [5.74, 6) is -0.762. The molecule has 1 aromatic carbocycles. The Balaban J connectivity index is 1.86. The number of halogens is 3. The van der Waals surface area contributed by atoms with E-state index in [0.717, 1.165) is 0 Å². The molecule has 1 aromatic heterocycles. The Kier molecular flexibility index (Phi) is 5.95. The van der Waals surface area contributed by atoms with Crippen LogP contribution < -0.4 is 10.2 Å². The van der Waals surface area contributed by atoms with Crippen LogP contribution in [0, 0.1) is 5.95 Å². The van der Waals surface area contributed by atoms with Crippen LogP contribution >= 0.6 is 23.2 Å². The molecule has 0 spiro atoms. The second-order valence-corrected chi connectivity index (χ2v) is 5.21. The molecule has 1 amide bonds. The van der Waals surface area contributed by atoms with E-state index in [1.54, 1.807) is 19.1 Å². The van der Waals surface area contributed by atoms with E-state index in [2.05, 4.69) is 15.6 Å². The summed E-state index contributed by atoms with van der Waals surface area (Å²) in [7, 11) is 0. The van der Waals surface area contributed by atoms with Gasteiger partial charge in [-0.1, -0.05) is 23.2 Å². The van der Waals surface area contributed by atoms with Crippen molar-refractivity contribution in [3.05, 3.63) is 46.0 Å². The number of nitrogens with one attached hydrogen (secondary N) is 1. The summed E-state index contributed by atoms with van der Waals surface area (Å²) in [4.78, 5) is 11.6. The quantitative estimate of drug-likeness (QED) is 0.637. The molecule has 0 atom stereocenters. The van der Waals surface area contributed by atoms with Gasteiger partial charge in [-0.2, -0.15) is 14.6 Å². The smallest absolute Gasteiger partial charge is 0.277 e. The number of nitrogens with zero attached hydrogens (tertiary/aromatic N) is 3. The lowest BCUT2D eigenvalue weighted by Crippen LogP contribution is -2.24. The maximum absolute atomic E-state index is 13.7. The Morgan fingerprint density at radius 2 is 2.30 bits per heavy atom. The molecule has 0 aliphatic rings. The number of hydrogen-bond acceptors (Lipinski definition) is 4. The minimum absolute atomic E-state index is 0.172. The van der Waals surface area contributed by atoms with Crippen molar-refractivity contribution >= 4 is 35.3 Å². The summed E-state index contributed by atoms with van der Waals surface area (Å²) in [6.07, 6.45) is 2.48. The Bertz CT molecular complexity index is 734. The summed E-state index contributed by atoms with van der Waals surface area (Å²) in [5.41, 5.74) is 2.39. The first-order valence-corrected chi connectivity index (χ1v) is 7.38. The van der Waals surface area contributed by atoms with Crippen molar-refractivity contribution < 1.29 is 13.9 Å². The van der Waals surface area contributed by atoms with Crippen molar-refractivity contribution in [1.82, 2.24) is 15.2 Å². The van der Waals surface area contributed by atoms with Gasteiger partial charge < -0.3 is 4.74 Å². The van der Waals surface area contributed by atoms with Gasteiger partial charge in [0.05, 0.1) is 23.0 Å². The van der Waals surface area contributed by atoms with Gasteiger partial charge in [0.2, 0.25) is 5.95 Å². The van der Waals surface area contributed by atoms with Crippen LogP contribution in [0.1, 0.15) is 12.5 Å². The van der Waals surface area contributed by atoms with Crippen molar-refractivity contribution in [3.63, 3.8) is 0 Å². The van der Waals surface area contributed by atoms with E-state index in [1.807, 2.05) is 0 Å². The van der Waals surface area contributed by atoms with Gasteiger partial charge in [-0.05, 0) is 19.1 Å². The SMILES string of the molecule is CCn1ncc(/C=N\NC(=O)COc2cc(Cl)ccc2Cl)c1F. The molecule has 23 heavy (non-hydrogen) atoms. The predicted octanol–water partition coefficient (Wildman–Crippen LogP) is 2.88. The van der Waals surface area contributed by atoms with Crippen LogP contribution in [-0.4, -0.2) is 28.5 Å². The van der Waals surface area contributed by atoms with E-state index in [-0.39, 0.29) is 17.9 Å². The van der Waals surface area contributed by atoms with Gasteiger partial charge in [0.1, 0.15) is 5.75 Å². The molecule has 1 N–H and O–H groups in total. The van der Waals surface area contributed by atoms with E-state index in [1.165, 1.54) is 23.2 Å². The molecule has 6 nitrogen and oxygen atoms in total. The number of aromatic nitrogens is 2. The molecule has 0 fully saturated rings. The third-order valence-electron chi connectivity index (χ3n) is 2.75. The molecule has 122 valence electrons. The number of hydrogen-bond donors (Lipinski definition) is 1. The first kappa shape index (κ1) is 17.2. The van der Waals surface area contributed by atoms with Crippen LogP contribution in [0.5, 0.6) is 5.75 Å². The largest absolute Gasteiger partial charge is 0.482 e. The van der Waals surface area contributed by atoms with Crippen molar-refractivity contribution in [2.24, 2.45) is 5.10 Å². The van der Waals surface area contributed by atoms with E-state index < -0.39 is 11.9 Å². The van der Waals surface area contributed by atoms with Gasteiger partial charge in [0.25, 0.3) is 5.91 Å². The molecule has 0 unspecified atom stereocenters. The number of ether oxygens (including phenoxy) is 1. The number of carbonyl (C=O) groups excluding carboxylic acids is 1. The first-order valence-electron chi connectivity index (χ1n) is 6.62. The average Bonchev–Trinajstić information content (AvgIpc) is 2.88. The van der Waals surface area contributed by atoms with Crippen LogP contribution in [0.25, 0.3) is 0 Å². The fourth-order valence-electron chi connectivity index (χ4n) is 1.63.